The molecule has 1 fully saturated rings. The SMILES string of the molecule is CCN(CC)C(=O)c1ccc(C2=CC3(CCNCC3)Oc3cc(C)c(C)[c-]c32)cc1.[Ru+]. The fourth-order valence-electron chi connectivity index (χ4n) is 4.40. The van der Waals surface area contributed by atoms with Crippen LogP contribution in [0.2, 0.25) is 0 Å². The normalized spacial score (nSPS) is 16.6. The number of nitrogens with one attached hydrogen (secondary N) is 1. The first kappa shape index (κ1) is 23.7. The number of nitrogens with zero attached hydrogens (tertiary/aromatic N) is 1. The molecule has 2 heterocycles. The fourth-order valence-corrected chi connectivity index (χ4v) is 4.40. The van der Waals surface area contributed by atoms with Crippen molar-refractivity contribution >= 4 is 11.5 Å². The summed E-state index contributed by atoms with van der Waals surface area (Å²) in [5.74, 6) is 1.00. The number of fused-ring (bicyclic) bond motifs is 1. The molecule has 2 aliphatic rings. The average Bonchev–Trinajstić information content (AvgIpc) is 2.76. The van der Waals surface area contributed by atoms with Crippen molar-refractivity contribution in [2.45, 2.75) is 46.1 Å². The van der Waals surface area contributed by atoms with Gasteiger partial charge in [-0.05, 0) is 39.1 Å². The molecular weight excluding hydrogens is 473 g/mol. The van der Waals surface area contributed by atoms with Crippen molar-refractivity contribution < 1.29 is 29.0 Å². The molecular formula is C26H31N2O2Ru. The molecule has 1 amide bonds. The second kappa shape index (κ2) is 9.67. The van der Waals surface area contributed by atoms with Gasteiger partial charge in [-0.3, -0.25) is 4.79 Å². The number of piperidine rings is 1. The summed E-state index contributed by atoms with van der Waals surface area (Å²) in [6, 6.07) is 13.7. The maximum Gasteiger partial charge on any atom is 1.00 e. The van der Waals surface area contributed by atoms with Crippen LogP contribution in [-0.2, 0) is 19.5 Å². The third-order valence-electron chi connectivity index (χ3n) is 6.43. The molecule has 165 valence electrons. The van der Waals surface area contributed by atoms with Crippen LogP contribution >= 0.6 is 0 Å². The van der Waals surface area contributed by atoms with Crippen LogP contribution in [0.25, 0.3) is 5.57 Å². The van der Waals surface area contributed by atoms with Crippen molar-refractivity contribution in [1.29, 1.82) is 0 Å². The Morgan fingerprint density at radius 2 is 1.77 bits per heavy atom. The summed E-state index contributed by atoms with van der Waals surface area (Å²) in [6.45, 7) is 11.6. The molecule has 2 aromatic rings. The Kier molecular flexibility index (Phi) is 7.39. The van der Waals surface area contributed by atoms with Gasteiger partial charge < -0.3 is 15.0 Å². The van der Waals surface area contributed by atoms with Crippen LogP contribution in [0.4, 0.5) is 0 Å². The van der Waals surface area contributed by atoms with Crippen LogP contribution in [0.1, 0.15) is 59.3 Å². The molecule has 0 bridgehead atoms. The maximum absolute atomic E-state index is 12.7. The molecule has 0 saturated carbocycles. The van der Waals surface area contributed by atoms with Gasteiger partial charge in [0, 0.05) is 37.2 Å². The summed E-state index contributed by atoms with van der Waals surface area (Å²) in [7, 11) is 0. The number of rotatable bonds is 4. The molecule has 0 aromatic heterocycles. The van der Waals surface area contributed by atoms with Gasteiger partial charge in [0.15, 0.2) is 0 Å². The molecule has 5 heteroatoms. The molecule has 1 saturated heterocycles. The zero-order valence-corrected chi connectivity index (χ0v) is 20.6. The zero-order chi connectivity index (χ0) is 21.3. The van der Waals surface area contributed by atoms with Crippen LogP contribution in [0.15, 0.2) is 36.4 Å². The molecule has 0 aliphatic carbocycles. The third-order valence-corrected chi connectivity index (χ3v) is 6.43. The van der Waals surface area contributed by atoms with E-state index in [2.05, 4.69) is 49.5 Å². The van der Waals surface area contributed by atoms with E-state index in [9.17, 15) is 4.79 Å². The van der Waals surface area contributed by atoms with Gasteiger partial charge in [0.25, 0.3) is 5.91 Å². The number of carbonyl (C=O) groups is 1. The smallest absolute Gasteiger partial charge is 0.528 e. The van der Waals surface area contributed by atoms with Crippen LogP contribution in [0.3, 0.4) is 0 Å². The first-order chi connectivity index (χ1) is 14.5. The van der Waals surface area contributed by atoms with Gasteiger partial charge in [0.05, 0.1) is 0 Å². The van der Waals surface area contributed by atoms with Gasteiger partial charge in [0.2, 0.25) is 0 Å². The number of hydrogen-bond donors (Lipinski definition) is 1. The number of benzene rings is 2. The largest absolute Gasteiger partial charge is 1.00 e. The average molecular weight is 505 g/mol. The van der Waals surface area contributed by atoms with Crippen molar-refractivity contribution in [1.82, 2.24) is 10.2 Å². The molecule has 4 rings (SSSR count). The predicted octanol–water partition coefficient (Wildman–Crippen LogP) is 4.53. The first-order valence-corrected chi connectivity index (χ1v) is 11.0. The van der Waals surface area contributed by atoms with Crippen LogP contribution in [0, 0.1) is 19.9 Å². The predicted molar refractivity (Wildman–Crippen MR) is 121 cm³/mol. The maximum atomic E-state index is 12.7. The van der Waals surface area contributed by atoms with E-state index in [1.54, 1.807) is 0 Å². The van der Waals surface area contributed by atoms with E-state index in [1.807, 2.05) is 30.9 Å². The topological polar surface area (TPSA) is 41.6 Å². The third kappa shape index (κ3) is 4.63. The Bertz CT molecular complexity index is 972. The molecule has 2 aliphatic heterocycles. The molecule has 2 aromatic carbocycles. The van der Waals surface area contributed by atoms with Crippen LogP contribution in [0.5, 0.6) is 5.75 Å². The van der Waals surface area contributed by atoms with Gasteiger partial charge in [-0.1, -0.05) is 43.2 Å². The summed E-state index contributed by atoms with van der Waals surface area (Å²) < 4.78 is 6.56. The Morgan fingerprint density at radius 1 is 1.13 bits per heavy atom. The first-order valence-electron chi connectivity index (χ1n) is 11.0. The molecule has 1 radical (unpaired) electrons. The van der Waals surface area contributed by atoms with Crippen molar-refractivity contribution in [3.05, 3.63) is 70.3 Å². The quantitative estimate of drug-likeness (QED) is 0.492. The summed E-state index contributed by atoms with van der Waals surface area (Å²) in [6.07, 6.45) is 4.19. The Balaban J connectivity index is 0.00000272. The second-order valence-corrected chi connectivity index (χ2v) is 8.35. The number of aryl methyl sites for hydroxylation is 2. The molecule has 4 nitrogen and oxygen atoms in total. The zero-order valence-electron chi connectivity index (χ0n) is 18.8. The van der Waals surface area contributed by atoms with Crippen molar-refractivity contribution in [2.75, 3.05) is 26.2 Å². The van der Waals surface area contributed by atoms with Crippen LogP contribution in [-0.4, -0.2) is 42.6 Å². The summed E-state index contributed by atoms with van der Waals surface area (Å²) in [5.41, 5.74) is 6.06. The monoisotopic (exact) mass is 505 g/mol. The van der Waals surface area contributed by atoms with Gasteiger partial charge >= 0.3 is 19.5 Å². The van der Waals surface area contributed by atoms with E-state index in [0.717, 1.165) is 72.6 Å². The van der Waals surface area contributed by atoms with E-state index in [-0.39, 0.29) is 31.0 Å². The van der Waals surface area contributed by atoms with Crippen LogP contribution < -0.4 is 10.1 Å². The number of ether oxygens (including phenoxy) is 1. The Morgan fingerprint density at radius 3 is 2.39 bits per heavy atom. The molecule has 1 N–H and O–H groups in total. The summed E-state index contributed by atoms with van der Waals surface area (Å²) >= 11 is 0. The standard InChI is InChI=1S/C26H31N2O2.Ru/c1-5-28(6-2)25(29)21-9-7-20(8-10-21)23-17-26(11-13-27-14-12-26)30-24-16-19(4)18(3)15-22(23)24;/h7-10,16-17,27H,5-6,11-14H2,1-4H3;/q-1;+1. The van der Waals surface area contributed by atoms with Crippen molar-refractivity contribution in [3.8, 4) is 5.75 Å². The molecule has 31 heavy (non-hydrogen) atoms. The fraction of sp³-hybridized carbons (Fsp3) is 0.423. The molecule has 1 spiro atoms. The van der Waals surface area contributed by atoms with Gasteiger partial charge in [-0.2, -0.15) is 0 Å². The van der Waals surface area contributed by atoms with E-state index >= 15 is 0 Å². The van der Waals surface area contributed by atoms with Crippen molar-refractivity contribution in [2.24, 2.45) is 0 Å². The Hall–Kier alpha value is -1.97. The summed E-state index contributed by atoms with van der Waals surface area (Å²) in [4.78, 5) is 14.5. The number of carbonyl (C=O) groups excluding carboxylic acids is 1. The van der Waals surface area contributed by atoms with E-state index in [0.29, 0.717) is 0 Å². The van der Waals surface area contributed by atoms with E-state index in [4.69, 9.17) is 4.74 Å². The minimum absolute atomic E-state index is 0. The summed E-state index contributed by atoms with van der Waals surface area (Å²) in [5, 5.41) is 3.44. The van der Waals surface area contributed by atoms with Gasteiger partial charge in [0.1, 0.15) is 5.60 Å². The minimum atomic E-state index is -0.279. The van der Waals surface area contributed by atoms with Gasteiger partial charge in [-0.15, -0.1) is 28.8 Å². The van der Waals surface area contributed by atoms with Crippen molar-refractivity contribution in [3.63, 3.8) is 0 Å². The molecule has 0 atom stereocenters. The second-order valence-electron chi connectivity index (χ2n) is 8.35. The van der Waals surface area contributed by atoms with E-state index < -0.39 is 0 Å². The number of hydrogen-bond acceptors (Lipinski definition) is 3. The van der Waals surface area contributed by atoms with Gasteiger partial charge in [-0.25, -0.2) is 0 Å². The van der Waals surface area contributed by atoms with E-state index in [1.165, 1.54) is 5.56 Å². The Labute approximate surface area is 198 Å². The minimum Gasteiger partial charge on any atom is -0.528 e. The molecule has 0 unspecified atom stereocenters. The number of amides is 1.